The Bertz CT molecular complexity index is 709. The number of nitrogens with one attached hydrogen (secondary N) is 2. The number of benzene rings is 1. The van der Waals surface area contributed by atoms with Gasteiger partial charge >= 0.3 is 11.8 Å². The van der Waals surface area contributed by atoms with Gasteiger partial charge in [0.15, 0.2) is 0 Å². The van der Waals surface area contributed by atoms with Crippen molar-refractivity contribution in [2.24, 2.45) is 0 Å². The van der Waals surface area contributed by atoms with Crippen molar-refractivity contribution in [3.05, 3.63) is 30.5 Å². The fourth-order valence-electron chi connectivity index (χ4n) is 2.61. The second-order valence-electron chi connectivity index (χ2n) is 5.89. The Morgan fingerprint density at radius 2 is 1.96 bits per heavy atom. The van der Waals surface area contributed by atoms with Gasteiger partial charge in [0.1, 0.15) is 0 Å². The van der Waals surface area contributed by atoms with Crippen LogP contribution in [-0.2, 0) is 16.1 Å². The molecule has 6 heteroatoms. The van der Waals surface area contributed by atoms with Crippen molar-refractivity contribution in [3.63, 3.8) is 0 Å². The molecule has 0 aliphatic rings. The van der Waals surface area contributed by atoms with Gasteiger partial charge < -0.3 is 20.3 Å². The number of aromatic nitrogens is 1. The fourth-order valence-corrected chi connectivity index (χ4v) is 2.61. The van der Waals surface area contributed by atoms with Crippen molar-refractivity contribution in [1.29, 1.82) is 0 Å². The van der Waals surface area contributed by atoms with Crippen LogP contribution in [0.4, 0.5) is 5.69 Å². The molecule has 6 nitrogen and oxygen atoms in total. The molecule has 1 unspecified atom stereocenters. The number of fused-ring (bicyclic) bond motifs is 1. The maximum absolute atomic E-state index is 12.0. The lowest BCUT2D eigenvalue weighted by molar-refractivity contribution is -0.136. The number of nitrogens with zero attached hydrogens (tertiary/aromatic N) is 1. The molecule has 0 saturated heterocycles. The van der Waals surface area contributed by atoms with Crippen molar-refractivity contribution in [2.75, 3.05) is 11.9 Å². The number of hydrogen-bond acceptors (Lipinski definition) is 3. The molecule has 0 fully saturated rings. The smallest absolute Gasteiger partial charge is 0.313 e. The van der Waals surface area contributed by atoms with Gasteiger partial charge in [-0.15, -0.1) is 0 Å². The van der Waals surface area contributed by atoms with E-state index in [9.17, 15) is 14.7 Å². The van der Waals surface area contributed by atoms with E-state index in [1.807, 2.05) is 31.3 Å². The molecule has 2 aromatic rings. The zero-order valence-corrected chi connectivity index (χ0v) is 14.2. The molecule has 0 bridgehead atoms. The lowest BCUT2D eigenvalue weighted by Gasteiger charge is -2.11. The minimum Gasteiger partial charge on any atom is -0.391 e. The van der Waals surface area contributed by atoms with Crippen LogP contribution in [0.3, 0.4) is 0 Å². The van der Waals surface area contributed by atoms with Crippen LogP contribution in [0, 0.1) is 0 Å². The second kappa shape index (κ2) is 8.49. The van der Waals surface area contributed by atoms with E-state index in [-0.39, 0.29) is 6.54 Å². The van der Waals surface area contributed by atoms with E-state index in [4.69, 9.17) is 0 Å². The lowest BCUT2D eigenvalue weighted by atomic mass is 10.2. The standard InChI is InChI=1S/C18H25N3O3/c1-3-5-15(22)12-19-17(23)18(24)20-14-7-6-13-8-10-21(9-4-2)16(13)11-14/h6-8,10-11,15,22H,3-5,9,12H2,1-2H3,(H,19,23)(H,20,24). The molecule has 1 heterocycles. The van der Waals surface area contributed by atoms with Crippen LogP contribution in [0.1, 0.15) is 33.1 Å². The third-order valence-electron chi connectivity index (χ3n) is 3.82. The predicted octanol–water partition coefficient (Wildman–Crippen LogP) is 2.27. The van der Waals surface area contributed by atoms with Gasteiger partial charge in [0.2, 0.25) is 0 Å². The number of aliphatic hydroxyl groups excluding tert-OH is 1. The van der Waals surface area contributed by atoms with Gasteiger partial charge in [-0.1, -0.05) is 26.3 Å². The van der Waals surface area contributed by atoms with E-state index in [0.717, 1.165) is 30.3 Å². The first-order valence-corrected chi connectivity index (χ1v) is 8.41. The Labute approximate surface area is 141 Å². The predicted molar refractivity (Wildman–Crippen MR) is 94.8 cm³/mol. The van der Waals surface area contributed by atoms with Crippen LogP contribution in [-0.4, -0.2) is 34.1 Å². The number of hydrogen-bond donors (Lipinski definition) is 3. The zero-order valence-electron chi connectivity index (χ0n) is 14.2. The Morgan fingerprint density at radius 3 is 2.67 bits per heavy atom. The largest absolute Gasteiger partial charge is 0.391 e. The summed E-state index contributed by atoms with van der Waals surface area (Å²) in [5.41, 5.74) is 1.60. The molecule has 0 aliphatic heterocycles. The van der Waals surface area contributed by atoms with Gasteiger partial charge in [0.25, 0.3) is 0 Å². The highest BCUT2D eigenvalue weighted by Gasteiger charge is 2.15. The van der Waals surface area contributed by atoms with E-state index in [1.54, 1.807) is 6.07 Å². The molecule has 0 saturated carbocycles. The third kappa shape index (κ3) is 4.58. The minimum atomic E-state index is -0.741. The summed E-state index contributed by atoms with van der Waals surface area (Å²) in [6.07, 6.45) is 3.82. The Kier molecular flexibility index (Phi) is 6.37. The molecule has 2 rings (SSSR count). The summed E-state index contributed by atoms with van der Waals surface area (Å²) in [7, 11) is 0. The fraction of sp³-hybridized carbons (Fsp3) is 0.444. The third-order valence-corrected chi connectivity index (χ3v) is 3.82. The number of carbonyl (C=O) groups is 2. The molecule has 1 atom stereocenters. The van der Waals surface area contributed by atoms with Gasteiger partial charge in [-0.2, -0.15) is 0 Å². The number of aryl methyl sites for hydroxylation is 1. The zero-order chi connectivity index (χ0) is 17.5. The molecular weight excluding hydrogens is 306 g/mol. The van der Waals surface area contributed by atoms with Crippen molar-refractivity contribution >= 4 is 28.4 Å². The summed E-state index contributed by atoms with van der Waals surface area (Å²) in [5, 5.41) is 15.7. The van der Waals surface area contributed by atoms with Crippen LogP contribution in [0.15, 0.2) is 30.5 Å². The van der Waals surface area contributed by atoms with Crippen LogP contribution < -0.4 is 10.6 Å². The SMILES string of the molecule is CCCC(O)CNC(=O)C(=O)Nc1ccc2ccn(CCC)c2c1. The molecule has 0 spiro atoms. The van der Waals surface area contributed by atoms with Gasteiger partial charge in [0.05, 0.1) is 11.6 Å². The lowest BCUT2D eigenvalue weighted by Crippen LogP contribution is -2.39. The highest BCUT2D eigenvalue weighted by Crippen LogP contribution is 2.20. The quantitative estimate of drug-likeness (QED) is 0.681. The van der Waals surface area contributed by atoms with Gasteiger partial charge in [-0.3, -0.25) is 9.59 Å². The first-order chi connectivity index (χ1) is 11.5. The van der Waals surface area contributed by atoms with E-state index < -0.39 is 17.9 Å². The number of aliphatic hydroxyl groups is 1. The van der Waals surface area contributed by atoms with Gasteiger partial charge in [-0.25, -0.2) is 0 Å². The number of rotatable bonds is 7. The van der Waals surface area contributed by atoms with Crippen LogP contribution in [0.5, 0.6) is 0 Å². The van der Waals surface area contributed by atoms with Crippen LogP contribution >= 0.6 is 0 Å². The Balaban J connectivity index is 1.99. The average Bonchev–Trinajstić information content (AvgIpc) is 2.96. The Morgan fingerprint density at radius 1 is 1.17 bits per heavy atom. The maximum atomic E-state index is 12.0. The summed E-state index contributed by atoms with van der Waals surface area (Å²) in [6.45, 7) is 5.03. The van der Waals surface area contributed by atoms with E-state index in [0.29, 0.717) is 12.1 Å². The monoisotopic (exact) mass is 331 g/mol. The van der Waals surface area contributed by atoms with Crippen molar-refractivity contribution in [1.82, 2.24) is 9.88 Å². The number of anilines is 1. The molecule has 3 N–H and O–H groups in total. The highest BCUT2D eigenvalue weighted by molar-refractivity contribution is 6.39. The molecule has 0 aliphatic carbocycles. The summed E-state index contributed by atoms with van der Waals surface area (Å²) < 4.78 is 2.12. The van der Waals surface area contributed by atoms with E-state index >= 15 is 0 Å². The molecule has 1 aromatic heterocycles. The first kappa shape index (κ1) is 18.0. The summed E-state index contributed by atoms with van der Waals surface area (Å²) in [5.74, 6) is -1.47. The molecule has 24 heavy (non-hydrogen) atoms. The van der Waals surface area contributed by atoms with Crippen molar-refractivity contribution < 1.29 is 14.7 Å². The first-order valence-electron chi connectivity index (χ1n) is 8.41. The second-order valence-corrected chi connectivity index (χ2v) is 5.89. The number of carbonyl (C=O) groups excluding carboxylic acids is 2. The normalized spacial score (nSPS) is 12.1. The minimum absolute atomic E-state index is 0.0818. The molecule has 130 valence electrons. The van der Waals surface area contributed by atoms with Crippen molar-refractivity contribution in [3.8, 4) is 0 Å². The van der Waals surface area contributed by atoms with Gasteiger partial charge in [0, 0.05) is 25.0 Å². The van der Waals surface area contributed by atoms with Crippen molar-refractivity contribution in [2.45, 2.75) is 45.8 Å². The van der Waals surface area contributed by atoms with Gasteiger partial charge in [-0.05, 0) is 36.4 Å². The number of amides is 2. The molecule has 1 aromatic carbocycles. The maximum Gasteiger partial charge on any atom is 0.313 e. The topological polar surface area (TPSA) is 83.4 Å². The van der Waals surface area contributed by atoms with Crippen LogP contribution in [0.25, 0.3) is 10.9 Å². The van der Waals surface area contributed by atoms with E-state index in [2.05, 4.69) is 22.1 Å². The summed E-state index contributed by atoms with van der Waals surface area (Å²) in [6, 6.07) is 7.58. The molecular formula is C18H25N3O3. The summed E-state index contributed by atoms with van der Waals surface area (Å²) in [4.78, 5) is 23.8. The summed E-state index contributed by atoms with van der Waals surface area (Å²) >= 11 is 0. The van der Waals surface area contributed by atoms with Crippen LogP contribution in [0.2, 0.25) is 0 Å². The Hall–Kier alpha value is -2.34. The molecule has 0 radical (unpaired) electrons. The highest BCUT2D eigenvalue weighted by atomic mass is 16.3. The van der Waals surface area contributed by atoms with E-state index in [1.165, 1.54) is 0 Å². The average molecular weight is 331 g/mol. The molecule has 2 amide bonds.